The number of nitrogens with zero attached hydrogens (tertiary/aromatic N) is 1. The van der Waals surface area contributed by atoms with Crippen LogP contribution in [0.15, 0.2) is 71.8 Å². The Bertz CT molecular complexity index is 1120. The zero-order chi connectivity index (χ0) is 20.9. The minimum absolute atomic E-state index is 0.0648. The van der Waals surface area contributed by atoms with Crippen LogP contribution in [0.5, 0.6) is 5.75 Å². The summed E-state index contributed by atoms with van der Waals surface area (Å²) in [4.78, 5) is 16.5. The predicted molar refractivity (Wildman–Crippen MR) is 111 cm³/mol. The van der Waals surface area contributed by atoms with Crippen LogP contribution >= 0.6 is 11.6 Å². The summed E-state index contributed by atoms with van der Waals surface area (Å²) in [7, 11) is -2.54. The molecule has 0 atom stereocenters. The quantitative estimate of drug-likeness (QED) is 0.597. The van der Waals surface area contributed by atoms with Gasteiger partial charge in [-0.3, -0.25) is 14.5 Å². The van der Waals surface area contributed by atoms with Gasteiger partial charge in [0.05, 0.1) is 29.9 Å². The standard InChI is InChI=1S/C20H18ClN3O4S/c1-28-19-9-8-15(21)12-18(19)24-29(26,27)17-7-4-5-14(11-17)20(25)23-13-16-6-2-3-10-22-16/h2-12,24H,13H2,1H3,(H,23,25). The van der Waals surface area contributed by atoms with Crippen LogP contribution < -0.4 is 14.8 Å². The summed E-state index contributed by atoms with van der Waals surface area (Å²) in [6, 6.07) is 15.7. The SMILES string of the molecule is COc1ccc(Cl)cc1NS(=O)(=O)c1cccc(C(=O)NCc2ccccn2)c1. The molecule has 0 unspecified atom stereocenters. The van der Waals surface area contributed by atoms with E-state index in [0.717, 1.165) is 0 Å². The van der Waals surface area contributed by atoms with Crippen molar-refractivity contribution in [2.75, 3.05) is 11.8 Å². The first-order valence-corrected chi connectivity index (χ1v) is 10.4. The first-order valence-electron chi connectivity index (χ1n) is 8.53. The number of pyridine rings is 1. The zero-order valence-electron chi connectivity index (χ0n) is 15.4. The maximum Gasteiger partial charge on any atom is 0.262 e. The number of ether oxygens (including phenoxy) is 1. The van der Waals surface area contributed by atoms with Gasteiger partial charge in [0.1, 0.15) is 5.75 Å². The molecular formula is C20H18ClN3O4S. The third-order valence-corrected chi connectivity index (χ3v) is 5.57. The molecule has 7 nitrogen and oxygen atoms in total. The number of rotatable bonds is 7. The molecule has 9 heteroatoms. The molecule has 0 aliphatic heterocycles. The Morgan fingerprint density at radius 2 is 1.93 bits per heavy atom. The summed E-state index contributed by atoms with van der Waals surface area (Å²) in [5.41, 5.74) is 1.10. The highest BCUT2D eigenvalue weighted by Gasteiger charge is 2.18. The van der Waals surface area contributed by atoms with E-state index in [2.05, 4.69) is 15.0 Å². The number of hydrogen-bond acceptors (Lipinski definition) is 5. The summed E-state index contributed by atoms with van der Waals surface area (Å²) < 4.78 is 33.2. The lowest BCUT2D eigenvalue weighted by Crippen LogP contribution is -2.23. The van der Waals surface area contributed by atoms with E-state index in [1.165, 1.54) is 37.4 Å². The Morgan fingerprint density at radius 1 is 1.10 bits per heavy atom. The summed E-state index contributed by atoms with van der Waals surface area (Å²) in [5, 5.41) is 3.07. The normalized spacial score (nSPS) is 11.0. The van der Waals surface area contributed by atoms with E-state index in [4.69, 9.17) is 16.3 Å². The van der Waals surface area contributed by atoms with E-state index in [0.29, 0.717) is 16.5 Å². The molecule has 2 N–H and O–H groups in total. The van der Waals surface area contributed by atoms with Crippen LogP contribution in [-0.4, -0.2) is 26.4 Å². The minimum Gasteiger partial charge on any atom is -0.495 e. The van der Waals surface area contributed by atoms with Gasteiger partial charge in [-0.2, -0.15) is 0 Å². The molecule has 29 heavy (non-hydrogen) atoms. The van der Waals surface area contributed by atoms with Crippen molar-refractivity contribution in [2.45, 2.75) is 11.4 Å². The third-order valence-electron chi connectivity index (χ3n) is 3.97. The molecule has 1 aromatic heterocycles. The molecule has 2 aromatic carbocycles. The second kappa shape index (κ2) is 8.93. The number of sulfonamides is 1. The lowest BCUT2D eigenvalue weighted by Gasteiger charge is -2.13. The minimum atomic E-state index is -3.97. The van der Waals surface area contributed by atoms with E-state index in [-0.39, 0.29) is 22.7 Å². The van der Waals surface area contributed by atoms with Gasteiger partial charge in [0, 0.05) is 16.8 Å². The van der Waals surface area contributed by atoms with Gasteiger partial charge >= 0.3 is 0 Å². The van der Waals surface area contributed by atoms with Crippen molar-refractivity contribution in [2.24, 2.45) is 0 Å². The van der Waals surface area contributed by atoms with Crippen LogP contribution in [0.2, 0.25) is 5.02 Å². The molecule has 0 radical (unpaired) electrons. The highest BCUT2D eigenvalue weighted by molar-refractivity contribution is 7.92. The number of carbonyl (C=O) groups is 1. The van der Waals surface area contributed by atoms with E-state index in [9.17, 15) is 13.2 Å². The fourth-order valence-electron chi connectivity index (χ4n) is 2.54. The molecule has 0 saturated carbocycles. The lowest BCUT2D eigenvalue weighted by atomic mass is 10.2. The molecule has 0 aliphatic rings. The average Bonchev–Trinajstić information content (AvgIpc) is 2.73. The number of carbonyl (C=O) groups excluding carboxylic acids is 1. The second-order valence-corrected chi connectivity index (χ2v) is 8.10. The number of benzene rings is 2. The van der Waals surface area contributed by atoms with Crippen LogP contribution in [0, 0.1) is 0 Å². The van der Waals surface area contributed by atoms with Crippen LogP contribution in [0.25, 0.3) is 0 Å². The highest BCUT2D eigenvalue weighted by atomic mass is 35.5. The van der Waals surface area contributed by atoms with E-state index in [1.807, 2.05) is 6.07 Å². The number of hydrogen-bond donors (Lipinski definition) is 2. The maximum atomic E-state index is 12.8. The first kappa shape index (κ1) is 20.6. The highest BCUT2D eigenvalue weighted by Crippen LogP contribution is 2.29. The molecule has 0 saturated heterocycles. The molecule has 1 amide bonds. The molecule has 0 bridgehead atoms. The second-order valence-electron chi connectivity index (χ2n) is 5.98. The number of anilines is 1. The van der Waals surface area contributed by atoms with Gasteiger partial charge in [0.15, 0.2) is 0 Å². The van der Waals surface area contributed by atoms with E-state index in [1.54, 1.807) is 30.5 Å². The van der Waals surface area contributed by atoms with Gasteiger partial charge < -0.3 is 10.1 Å². The zero-order valence-corrected chi connectivity index (χ0v) is 17.0. The molecule has 1 heterocycles. The van der Waals surface area contributed by atoms with Gasteiger partial charge in [0.25, 0.3) is 15.9 Å². The smallest absolute Gasteiger partial charge is 0.262 e. The van der Waals surface area contributed by atoms with Crippen molar-refractivity contribution >= 4 is 33.2 Å². The molecular weight excluding hydrogens is 414 g/mol. The van der Waals surface area contributed by atoms with Gasteiger partial charge in [-0.25, -0.2) is 8.42 Å². The molecule has 3 aromatic rings. The number of amides is 1. The lowest BCUT2D eigenvalue weighted by molar-refractivity contribution is 0.0950. The molecule has 0 aliphatic carbocycles. The summed E-state index contributed by atoms with van der Waals surface area (Å²) >= 11 is 5.95. The number of methoxy groups -OCH3 is 1. The Kier molecular flexibility index (Phi) is 6.36. The largest absolute Gasteiger partial charge is 0.495 e. The topological polar surface area (TPSA) is 97.4 Å². The first-order chi connectivity index (χ1) is 13.9. The predicted octanol–water partition coefficient (Wildman–Crippen LogP) is 3.47. The van der Waals surface area contributed by atoms with Crippen LogP contribution in [0.3, 0.4) is 0 Å². The van der Waals surface area contributed by atoms with Gasteiger partial charge in [0.2, 0.25) is 0 Å². The summed E-state index contributed by atoms with van der Waals surface area (Å²) in [5.74, 6) is -0.0877. The summed E-state index contributed by atoms with van der Waals surface area (Å²) in [6.07, 6.45) is 1.63. The monoisotopic (exact) mass is 431 g/mol. The number of nitrogens with one attached hydrogen (secondary N) is 2. The average molecular weight is 432 g/mol. The Balaban J connectivity index is 1.79. The molecule has 0 spiro atoms. The van der Waals surface area contributed by atoms with Crippen LogP contribution in [-0.2, 0) is 16.6 Å². The van der Waals surface area contributed by atoms with E-state index >= 15 is 0 Å². The van der Waals surface area contributed by atoms with Crippen molar-refractivity contribution in [1.82, 2.24) is 10.3 Å². The third kappa shape index (κ3) is 5.24. The van der Waals surface area contributed by atoms with Gasteiger partial charge in [-0.05, 0) is 48.5 Å². The van der Waals surface area contributed by atoms with Crippen molar-refractivity contribution in [1.29, 1.82) is 0 Å². The van der Waals surface area contributed by atoms with E-state index < -0.39 is 15.9 Å². The molecule has 150 valence electrons. The summed E-state index contributed by atoms with van der Waals surface area (Å²) in [6.45, 7) is 0.231. The molecule has 3 rings (SSSR count). The number of halogens is 1. The fraction of sp³-hybridized carbons (Fsp3) is 0.100. The van der Waals surface area contributed by atoms with Crippen LogP contribution in [0.4, 0.5) is 5.69 Å². The van der Waals surface area contributed by atoms with Gasteiger partial charge in [-0.1, -0.05) is 23.7 Å². The number of aromatic nitrogens is 1. The van der Waals surface area contributed by atoms with Crippen molar-refractivity contribution < 1.29 is 17.9 Å². The van der Waals surface area contributed by atoms with Crippen LogP contribution in [0.1, 0.15) is 16.1 Å². The van der Waals surface area contributed by atoms with Gasteiger partial charge in [-0.15, -0.1) is 0 Å². The Hall–Kier alpha value is -3.10. The van der Waals surface area contributed by atoms with Crippen molar-refractivity contribution in [3.8, 4) is 5.75 Å². The van der Waals surface area contributed by atoms with Crippen molar-refractivity contribution in [3.05, 3.63) is 83.1 Å². The van der Waals surface area contributed by atoms with Crippen molar-refractivity contribution in [3.63, 3.8) is 0 Å². The Labute approximate surface area is 173 Å². The molecule has 0 fully saturated rings. The Morgan fingerprint density at radius 3 is 2.66 bits per heavy atom. The maximum absolute atomic E-state index is 12.8. The fourth-order valence-corrected chi connectivity index (χ4v) is 3.82.